The second-order valence-electron chi connectivity index (χ2n) is 5.74. The molecule has 0 spiro atoms. The van der Waals surface area contributed by atoms with Crippen LogP contribution >= 0.6 is 11.6 Å². The summed E-state index contributed by atoms with van der Waals surface area (Å²) in [6.45, 7) is 0.316. The summed E-state index contributed by atoms with van der Waals surface area (Å²) in [7, 11) is 3.14. The Hall–Kier alpha value is -3.32. The second kappa shape index (κ2) is 9.05. The highest BCUT2D eigenvalue weighted by molar-refractivity contribution is 6.33. The summed E-state index contributed by atoms with van der Waals surface area (Å²) in [4.78, 5) is 20.8. The van der Waals surface area contributed by atoms with Crippen molar-refractivity contribution in [1.82, 2.24) is 15.3 Å². The molecule has 1 amide bonds. The van der Waals surface area contributed by atoms with Gasteiger partial charge in [0.25, 0.3) is 5.91 Å². The van der Waals surface area contributed by atoms with E-state index >= 15 is 0 Å². The molecular formula is C20H19ClN4O3. The van der Waals surface area contributed by atoms with E-state index in [1.807, 2.05) is 24.3 Å². The second-order valence-corrected chi connectivity index (χ2v) is 6.15. The van der Waals surface area contributed by atoms with Crippen molar-refractivity contribution in [2.24, 2.45) is 0 Å². The van der Waals surface area contributed by atoms with Gasteiger partial charge < -0.3 is 20.1 Å². The monoisotopic (exact) mass is 398 g/mol. The molecule has 3 aromatic rings. The normalized spacial score (nSPS) is 10.2. The molecule has 0 aliphatic rings. The predicted molar refractivity (Wildman–Crippen MR) is 107 cm³/mol. The van der Waals surface area contributed by atoms with Crippen LogP contribution in [0.1, 0.15) is 16.1 Å². The molecule has 3 rings (SSSR count). The Morgan fingerprint density at radius 1 is 1.07 bits per heavy atom. The number of carbonyl (C=O) groups excluding carboxylic acids is 1. The molecule has 0 unspecified atom stereocenters. The average Bonchev–Trinajstić information content (AvgIpc) is 2.73. The van der Waals surface area contributed by atoms with Gasteiger partial charge in [-0.05, 0) is 35.9 Å². The highest BCUT2D eigenvalue weighted by Crippen LogP contribution is 2.27. The maximum atomic E-state index is 12.5. The van der Waals surface area contributed by atoms with Gasteiger partial charge in [0.15, 0.2) is 11.5 Å². The molecule has 7 nitrogen and oxygen atoms in total. The van der Waals surface area contributed by atoms with E-state index in [1.165, 1.54) is 6.20 Å². The summed E-state index contributed by atoms with van der Waals surface area (Å²) in [5.74, 6) is 1.19. The minimum Gasteiger partial charge on any atom is -0.493 e. The Labute approximate surface area is 167 Å². The first-order valence-electron chi connectivity index (χ1n) is 8.44. The van der Waals surface area contributed by atoms with E-state index < -0.39 is 0 Å². The quantitative estimate of drug-likeness (QED) is 0.629. The van der Waals surface area contributed by atoms with Gasteiger partial charge >= 0.3 is 0 Å². The van der Waals surface area contributed by atoms with Crippen molar-refractivity contribution in [2.75, 3.05) is 19.5 Å². The van der Waals surface area contributed by atoms with E-state index in [2.05, 4.69) is 20.6 Å². The summed E-state index contributed by atoms with van der Waals surface area (Å²) in [5.41, 5.74) is 1.77. The molecule has 144 valence electrons. The average molecular weight is 399 g/mol. The van der Waals surface area contributed by atoms with Gasteiger partial charge in [-0.25, -0.2) is 9.97 Å². The molecule has 0 saturated heterocycles. The zero-order valence-electron chi connectivity index (χ0n) is 15.4. The number of carbonyl (C=O) groups is 1. The number of aromatic nitrogens is 2. The summed E-state index contributed by atoms with van der Waals surface area (Å²) >= 11 is 6.12. The molecule has 0 atom stereocenters. The van der Waals surface area contributed by atoms with Crippen LogP contribution in [0.3, 0.4) is 0 Å². The third-order valence-electron chi connectivity index (χ3n) is 3.91. The van der Waals surface area contributed by atoms with Crippen LogP contribution in [0.5, 0.6) is 11.5 Å². The molecule has 1 heterocycles. The number of methoxy groups -OCH3 is 2. The van der Waals surface area contributed by atoms with Gasteiger partial charge in [0.2, 0.25) is 5.95 Å². The molecule has 0 saturated carbocycles. The van der Waals surface area contributed by atoms with Gasteiger partial charge in [0.05, 0.1) is 24.9 Å². The number of anilines is 2. The van der Waals surface area contributed by atoms with Crippen molar-refractivity contribution >= 4 is 29.1 Å². The van der Waals surface area contributed by atoms with Gasteiger partial charge in [0.1, 0.15) is 5.69 Å². The minimum absolute atomic E-state index is 0.241. The number of para-hydroxylation sites is 1. The van der Waals surface area contributed by atoms with E-state index in [0.29, 0.717) is 28.8 Å². The van der Waals surface area contributed by atoms with E-state index in [1.54, 1.807) is 38.5 Å². The number of amides is 1. The summed E-state index contributed by atoms with van der Waals surface area (Å²) in [6.07, 6.45) is 1.51. The van der Waals surface area contributed by atoms with Crippen LogP contribution < -0.4 is 20.1 Å². The molecule has 0 aliphatic carbocycles. The molecular weight excluding hydrogens is 380 g/mol. The lowest BCUT2D eigenvalue weighted by molar-refractivity contribution is 0.0946. The maximum Gasteiger partial charge on any atom is 0.270 e. The fraction of sp³-hybridized carbons (Fsp3) is 0.150. The highest BCUT2D eigenvalue weighted by Gasteiger charge is 2.11. The van der Waals surface area contributed by atoms with Crippen molar-refractivity contribution in [3.63, 3.8) is 0 Å². The molecule has 0 bridgehead atoms. The van der Waals surface area contributed by atoms with Gasteiger partial charge in [-0.3, -0.25) is 4.79 Å². The first-order valence-corrected chi connectivity index (χ1v) is 8.82. The smallest absolute Gasteiger partial charge is 0.270 e. The molecule has 0 fully saturated rings. The number of halogens is 1. The van der Waals surface area contributed by atoms with E-state index in [9.17, 15) is 4.79 Å². The Morgan fingerprint density at radius 3 is 2.61 bits per heavy atom. The van der Waals surface area contributed by atoms with Crippen molar-refractivity contribution < 1.29 is 14.3 Å². The van der Waals surface area contributed by atoms with Crippen LogP contribution in [-0.4, -0.2) is 30.1 Å². The topological polar surface area (TPSA) is 85.4 Å². The van der Waals surface area contributed by atoms with Gasteiger partial charge in [0, 0.05) is 12.7 Å². The number of benzene rings is 2. The third-order valence-corrected chi connectivity index (χ3v) is 4.24. The van der Waals surface area contributed by atoms with Crippen LogP contribution in [0.15, 0.2) is 54.7 Å². The van der Waals surface area contributed by atoms with E-state index in [4.69, 9.17) is 21.1 Å². The summed E-state index contributed by atoms with van der Waals surface area (Å²) in [5, 5.41) is 6.37. The van der Waals surface area contributed by atoms with Crippen molar-refractivity contribution in [3.8, 4) is 11.5 Å². The summed E-state index contributed by atoms with van der Waals surface area (Å²) < 4.78 is 10.5. The summed E-state index contributed by atoms with van der Waals surface area (Å²) in [6, 6.07) is 14.2. The van der Waals surface area contributed by atoms with Crippen LogP contribution in [0.25, 0.3) is 0 Å². The molecule has 8 heteroatoms. The maximum absolute atomic E-state index is 12.5. The number of rotatable bonds is 7. The standard InChI is InChI=1S/C20H19ClN4O3/c1-27-17-8-7-13(11-18(17)28-2)12-23-19(26)16-9-10-22-20(25-16)24-15-6-4-3-5-14(15)21/h3-11H,12H2,1-2H3,(H,23,26)(H,22,24,25). The van der Waals surface area contributed by atoms with Crippen LogP contribution in [0, 0.1) is 0 Å². The SMILES string of the molecule is COc1ccc(CNC(=O)c2ccnc(Nc3ccccc3Cl)n2)cc1OC. The molecule has 0 aliphatic heterocycles. The van der Waals surface area contributed by atoms with Crippen molar-refractivity contribution in [1.29, 1.82) is 0 Å². The Kier molecular flexibility index (Phi) is 6.29. The zero-order chi connectivity index (χ0) is 19.9. The van der Waals surface area contributed by atoms with Crippen LogP contribution in [0.4, 0.5) is 11.6 Å². The van der Waals surface area contributed by atoms with Gasteiger partial charge in [-0.2, -0.15) is 0 Å². The molecule has 2 N–H and O–H groups in total. The molecule has 0 radical (unpaired) electrons. The fourth-order valence-corrected chi connectivity index (χ4v) is 2.67. The number of nitrogens with zero attached hydrogens (tertiary/aromatic N) is 2. The van der Waals surface area contributed by atoms with E-state index in [0.717, 1.165) is 5.56 Å². The number of hydrogen-bond acceptors (Lipinski definition) is 6. The largest absolute Gasteiger partial charge is 0.493 e. The predicted octanol–water partition coefficient (Wildman–Crippen LogP) is 3.82. The molecule has 2 aromatic carbocycles. The third kappa shape index (κ3) is 4.69. The molecule has 1 aromatic heterocycles. The first-order chi connectivity index (χ1) is 13.6. The Morgan fingerprint density at radius 2 is 1.86 bits per heavy atom. The van der Waals surface area contributed by atoms with Crippen molar-refractivity contribution in [3.05, 3.63) is 71.0 Å². The van der Waals surface area contributed by atoms with Crippen molar-refractivity contribution in [2.45, 2.75) is 6.54 Å². The Bertz CT molecular complexity index is 981. The highest BCUT2D eigenvalue weighted by atomic mass is 35.5. The number of nitrogens with one attached hydrogen (secondary N) is 2. The lowest BCUT2D eigenvalue weighted by Gasteiger charge is -2.11. The first kappa shape index (κ1) is 19.4. The van der Waals surface area contributed by atoms with Crippen LogP contribution in [0.2, 0.25) is 5.02 Å². The number of hydrogen-bond donors (Lipinski definition) is 2. The fourth-order valence-electron chi connectivity index (χ4n) is 2.49. The van der Waals surface area contributed by atoms with Gasteiger partial charge in [-0.15, -0.1) is 0 Å². The lowest BCUT2D eigenvalue weighted by atomic mass is 10.2. The molecule has 28 heavy (non-hydrogen) atoms. The minimum atomic E-state index is -0.320. The zero-order valence-corrected chi connectivity index (χ0v) is 16.2. The van der Waals surface area contributed by atoms with Gasteiger partial charge in [-0.1, -0.05) is 29.8 Å². The lowest BCUT2D eigenvalue weighted by Crippen LogP contribution is -2.24. The number of ether oxygens (including phenoxy) is 2. The Balaban J connectivity index is 1.67. The van der Waals surface area contributed by atoms with Crippen LogP contribution in [-0.2, 0) is 6.54 Å². The van der Waals surface area contributed by atoms with E-state index in [-0.39, 0.29) is 17.5 Å².